The SMILES string of the molecule is O=C(NCCOc1ccc(-c2ccc(F)cc2)nn1)Nc1ccc(OC(F)(F)F)cc1. The molecule has 0 bridgehead atoms. The van der Waals surface area contributed by atoms with Gasteiger partial charge in [-0.05, 0) is 54.6 Å². The average Bonchev–Trinajstić information content (AvgIpc) is 2.73. The fourth-order valence-electron chi connectivity index (χ4n) is 2.41. The fourth-order valence-corrected chi connectivity index (χ4v) is 2.41. The summed E-state index contributed by atoms with van der Waals surface area (Å²) >= 11 is 0. The molecule has 1 heterocycles. The Morgan fingerprint density at radius 1 is 0.935 bits per heavy atom. The van der Waals surface area contributed by atoms with Gasteiger partial charge in [-0.2, -0.15) is 0 Å². The smallest absolute Gasteiger partial charge is 0.475 e. The van der Waals surface area contributed by atoms with Crippen LogP contribution in [0.1, 0.15) is 0 Å². The van der Waals surface area contributed by atoms with Crippen LogP contribution < -0.4 is 20.1 Å². The highest BCUT2D eigenvalue weighted by molar-refractivity contribution is 5.89. The van der Waals surface area contributed by atoms with Crippen molar-refractivity contribution in [2.45, 2.75) is 6.36 Å². The molecule has 0 spiro atoms. The maximum absolute atomic E-state index is 13.0. The molecule has 3 rings (SSSR count). The number of halogens is 4. The van der Waals surface area contributed by atoms with E-state index in [9.17, 15) is 22.4 Å². The summed E-state index contributed by atoms with van der Waals surface area (Å²) in [6, 6.07) is 13.2. The van der Waals surface area contributed by atoms with Gasteiger partial charge in [0.2, 0.25) is 5.88 Å². The number of rotatable bonds is 7. The molecule has 0 atom stereocenters. The maximum Gasteiger partial charge on any atom is 0.573 e. The van der Waals surface area contributed by atoms with Crippen LogP contribution in [0.15, 0.2) is 60.7 Å². The zero-order chi connectivity index (χ0) is 22.3. The van der Waals surface area contributed by atoms with E-state index in [0.29, 0.717) is 11.3 Å². The van der Waals surface area contributed by atoms with E-state index < -0.39 is 18.1 Å². The summed E-state index contributed by atoms with van der Waals surface area (Å²) in [5.74, 6) is -0.493. The predicted molar refractivity (Wildman–Crippen MR) is 103 cm³/mol. The second-order valence-electron chi connectivity index (χ2n) is 6.07. The van der Waals surface area contributed by atoms with Crippen LogP contribution in [0.25, 0.3) is 11.3 Å². The molecule has 11 heteroatoms. The first-order valence-electron chi connectivity index (χ1n) is 8.92. The highest BCUT2D eigenvalue weighted by atomic mass is 19.4. The summed E-state index contributed by atoms with van der Waals surface area (Å²) in [6.45, 7) is 0.249. The number of carbonyl (C=O) groups is 1. The van der Waals surface area contributed by atoms with Crippen molar-refractivity contribution in [1.29, 1.82) is 0 Å². The maximum atomic E-state index is 13.0. The highest BCUT2D eigenvalue weighted by Gasteiger charge is 2.30. The van der Waals surface area contributed by atoms with Crippen molar-refractivity contribution in [1.82, 2.24) is 15.5 Å². The lowest BCUT2D eigenvalue weighted by atomic mass is 10.1. The highest BCUT2D eigenvalue weighted by Crippen LogP contribution is 2.24. The Morgan fingerprint density at radius 2 is 1.65 bits per heavy atom. The summed E-state index contributed by atoms with van der Waals surface area (Å²) in [7, 11) is 0. The van der Waals surface area contributed by atoms with Crippen molar-refractivity contribution >= 4 is 11.7 Å². The number of aromatic nitrogens is 2. The Kier molecular flexibility index (Phi) is 6.85. The van der Waals surface area contributed by atoms with E-state index in [1.165, 1.54) is 24.3 Å². The largest absolute Gasteiger partial charge is 0.573 e. The third-order valence-electron chi connectivity index (χ3n) is 3.76. The number of ether oxygens (including phenoxy) is 2. The number of carbonyl (C=O) groups excluding carboxylic acids is 1. The molecule has 0 aliphatic rings. The second kappa shape index (κ2) is 9.74. The first-order chi connectivity index (χ1) is 14.8. The van der Waals surface area contributed by atoms with Gasteiger partial charge in [-0.25, -0.2) is 9.18 Å². The molecule has 3 aromatic rings. The molecule has 0 saturated heterocycles. The van der Waals surface area contributed by atoms with Gasteiger partial charge in [0, 0.05) is 17.3 Å². The number of alkyl halides is 3. The number of hydrogen-bond donors (Lipinski definition) is 2. The number of nitrogens with zero attached hydrogens (tertiary/aromatic N) is 2. The van der Waals surface area contributed by atoms with E-state index >= 15 is 0 Å². The Labute approximate surface area is 174 Å². The molecular formula is C20H16F4N4O3. The van der Waals surface area contributed by atoms with E-state index in [1.807, 2.05) is 0 Å². The van der Waals surface area contributed by atoms with Crippen molar-refractivity contribution < 1.29 is 31.8 Å². The predicted octanol–water partition coefficient (Wildman–Crippen LogP) is 4.38. The van der Waals surface area contributed by atoms with Crippen LogP contribution in [0, 0.1) is 5.82 Å². The summed E-state index contributed by atoms with van der Waals surface area (Å²) in [4.78, 5) is 11.8. The topological polar surface area (TPSA) is 85.4 Å². The number of hydrogen-bond acceptors (Lipinski definition) is 5. The third-order valence-corrected chi connectivity index (χ3v) is 3.76. The van der Waals surface area contributed by atoms with Crippen LogP contribution in [0.4, 0.5) is 28.0 Å². The van der Waals surface area contributed by atoms with E-state index in [2.05, 4.69) is 25.6 Å². The zero-order valence-electron chi connectivity index (χ0n) is 15.8. The molecule has 0 unspecified atom stereocenters. The summed E-state index contributed by atoms with van der Waals surface area (Å²) in [5, 5.41) is 12.9. The lowest BCUT2D eigenvalue weighted by molar-refractivity contribution is -0.274. The van der Waals surface area contributed by atoms with E-state index in [4.69, 9.17) is 4.74 Å². The van der Waals surface area contributed by atoms with Crippen LogP contribution in [0.2, 0.25) is 0 Å². The van der Waals surface area contributed by atoms with Gasteiger partial charge in [-0.1, -0.05) is 0 Å². The zero-order valence-corrected chi connectivity index (χ0v) is 15.8. The monoisotopic (exact) mass is 436 g/mol. The number of urea groups is 1. The van der Waals surface area contributed by atoms with Gasteiger partial charge in [0.05, 0.1) is 12.2 Å². The van der Waals surface area contributed by atoms with Crippen molar-refractivity contribution in [3.05, 3.63) is 66.5 Å². The fraction of sp³-hybridized carbons (Fsp3) is 0.150. The Morgan fingerprint density at radius 3 is 2.26 bits per heavy atom. The lowest BCUT2D eigenvalue weighted by Gasteiger charge is -2.11. The number of anilines is 1. The van der Waals surface area contributed by atoms with E-state index in [0.717, 1.165) is 12.1 Å². The molecule has 0 saturated carbocycles. The van der Waals surface area contributed by atoms with Gasteiger partial charge in [-0.3, -0.25) is 0 Å². The Balaban J connectivity index is 1.39. The second-order valence-corrected chi connectivity index (χ2v) is 6.07. The number of benzene rings is 2. The molecule has 0 radical (unpaired) electrons. The molecule has 0 aliphatic heterocycles. The summed E-state index contributed by atoms with van der Waals surface area (Å²) in [6.07, 6.45) is -4.78. The van der Waals surface area contributed by atoms with Gasteiger partial charge < -0.3 is 20.1 Å². The first-order valence-corrected chi connectivity index (χ1v) is 8.92. The number of nitrogens with one attached hydrogen (secondary N) is 2. The molecule has 1 aromatic heterocycles. The Hall–Kier alpha value is -3.89. The number of amides is 2. The van der Waals surface area contributed by atoms with Gasteiger partial charge in [0.25, 0.3) is 0 Å². The molecular weight excluding hydrogens is 420 g/mol. The van der Waals surface area contributed by atoms with Gasteiger partial charge in [0.1, 0.15) is 18.2 Å². The van der Waals surface area contributed by atoms with Crippen molar-refractivity contribution in [3.63, 3.8) is 0 Å². The van der Waals surface area contributed by atoms with Gasteiger partial charge in [-0.15, -0.1) is 23.4 Å². The minimum absolute atomic E-state index is 0.107. The molecule has 2 N–H and O–H groups in total. The normalized spacial score (nSPS) is 11.0. The quantitative estimate of drug-likeness (QED) is 0.424. The van der Waals surface area contributed by atoms with E-state index in [1.54, 1.807) is 24.3 Å². The van der Waals surface area contributed by atoms with Crippen LogP contribution >= 0.6 is 0 Å². The van der Waals surface area contributed by atoms with Crippen molar-refractivity contribution in [2.24, 2.45) is 0 Å². The molecule has 2 aromatic carbocycles. The first kappa shape index (κ1) is 21.8. The van der Waals surface area contributed by atoms with Crippen LogP contribution in [0.5, 0.6) is 11.6 Å². The molecule has 2 amide bonds. The van der Waals surface area contributed by atoms with Gasteiger partial charge in [0.15, 0.2) is 0 Å². The van der Waals surface area contributed by atoms with Crippen LogP contribution in [-0.4, -0.2) is 35.7 Å². The Bertz CT molecular complexity index is 995. The molecule has 31 heavy (non-hydrogen) atoms. The summed E-state index contributed by atoms with van der Waals surface area (Å²) < 4.78 is 58.5. The van der Waals surface area contributed by atoms with E-state index in [-0.39, 0.29) is 30.5 Å². The van der Waals surface area contributed by atoms with Crippen molar-refractivity contribution in [3.8, 4) is 22.9 Å². The van der Waals surface area contributed by atoms with Gasteiger partial charge >= 0.3 is 12.4 Å². The standard InChI is InChI=1S/C20H16F4N4O3/c21-14-3-1-13(2-4-14)17-9-10-18(28-27-17)30-12-11-25-19(29)26-15-5-7-16(8-6-15)31-20(22,23)24/h1-10H,11-12H2,(H2,25,26,29). The lowest BCUT2D eigenvalue weighted by Crippen LogP contribution is -2.32. The molecule has 0 aliphatic carbocycles. The minimum atomic E-state index is -4.78. The minimum Gasteiger partial charge on any atom is -0.475 e. The van der Waals surface area contributed by atoms with Crippen LogP contribution in [-0.2, 0) is 0 Å². The molecule has 0 fully saturated rings. The average molecular weight is 436 g/mol. The van der Waals surface area contributed by atoms with Crippen molar-refractivity contribution in [2.75, 3.05) is 18.5 Å². The third kappa shape index (κ3) is 7.14. The summed E-state index contributed by atoms with van der Waals surface area (Å²) in [5.41, 5.74) is 1.54. The molecule has 162 valence electrons. The van der Waals surface area contributed by atoms with Crippen LogP contribution in [0.3, 0.4) is 0 Å². The molecule has 7 nitrogen and oxygen atoms in total.